The molecule has 1 N–H and O–H groups in total. The lowest BCUT2D eigenvalue weighted by molar-refractivity contribution is -0.384. The third kappa shape index (κ3) is 5.53. The van der Waals surface area contributed by atoms with E-state index < -0.39 is 22.9 Å². The molecule has 2 aromatic carbocycles. The van der Waals surface area contributed by atoms with Crippen LogP contribution >= 0.6 is 11.6 Å². The van der Waals surface area contributed by atoms with E-state index in [1.165, 1.54) is 19.1 Å². The molecular formula is C20H21ClN2O5. The number of nitro benzene ring substituents is 1. The summed E-state index contributed by atoms with van der Waals surface area (Å²) in [6, 6.07) is 13.2. The van der Waals surface area contributed by atoms with Crippen LogP contribution in [0.15, 0.2) is 48.5 Å². The highest BCUT2D eigenvalue weighted by atomic mass is 35.5. The molecule has 0 saturated carbocycles. The van der Waals surface area contributed by atoms with Crippen molar-refractivity contribution < 1.29 is 19.2 Å². The summed E-state index contributed by atoms with van der Waals surface area (Å²) in [5, 5.41) is 13.6. The summed E-state index contributed by atoms with van der Waals surface area (Å²) in [7, 11) is 0. The van der Waals surface area contributed by atoms with Crippen molar-refractivity contribution in [3.8, 4) is 0 Å². The van der Waals surface area contributed by atoms with Gasteiger partial charge in [0.25, 0.3) is 11.6 Å². The molecule has 148 valence electrons. The average molecular weight is 405 g/mol. The van der Waals surface area contributed by atoms with Gasteiger partial charge in [-0.15, -0.1) is 0 Å². The first-order valence-electron chi connectivity index (χ1n) is 8.81. The number of nitrogens with zero attached hydrogens (tertiary/aromatic N) is 1. The Morgan fingerprint density at radius 2 is 1.89 bits per heavy atom. The molecule has 0 aromatic heterocycles. The van der Waals surface area contributed by atoms with Gasteiger partial charge in [0, 0.05) is 24.6 Å². The predicted octanol–water partition coefficient (Wildman–Crippen LogP) is 4.10. The highest BCUT2D eigenvalue weighted by Gasteiger charge is 2.23. The van der Waals surface area contributed by atoms with Gasteiger partial charge in [0.05, 0.1) is 15.5 Å². The minimum Gasteiger partial charge on any atom is -0.449 e. The van der Waals surface area contributed by atoms with Crippen molar-refractivity contribution in [1.29, 1.82) is 0 Å². The Morgan fingerprint density at radius 1 is 1.21 bits per heavy atom. The minimum absolute atomic E-state index is 0.0123. The van der Waals surface area contributed by atoms with Crippen LogP contribution in [0.3, 0.4) is 0 Å². The number of nitrogens with one attached hydrogen (secondary N) is 1. The van der Waals surface area contributed by atoms with Crippen LogP contribution in [0.4, 0.5) is 5.69 Å². The molecule has 0 spiro atoms. The third-order valence-electron chi connectivity index (χ3n) is 4.32. The van der Waals surface area contributed by atoms with Gasteiger partial charge < -0.3 is 10.1 Å². The van der Waals surface area contributed by atoms with E-state index >= 15 is 0 Å². The Kier molecular flexibility index (Phi) is 7.52. The van der Waals surface area contributed by atoms with E-state index in [4.69, 9.17) is 16.3 Å². The van der Waals surface area contributed by atoms with Crippen molar-refractivity contribution in [3.63, 3.8) is 0 Å². The molecule has 28 heavy (non-hydrogen) atoms. The zero-order valence-electron chi connectivity index (χ0n) is 15.6. The van der Waals surface area contributed by atoms with Crippen LogP contribution in [0, 0.1) is 10.1 Å². The fourth-order valence-corrected chi connectivity index (χ4v) is 2.85. The van der Waals surface area contributed by atoms with Crippen LogP contribution in [0.25, 0.3) is 0 Å². The number of carbonyl (C=O) groups excluding carboxylic acids is 2. The topological polar surface area (TPSA) is 98.5 Å². The summed E-state index contributed by atoms with van der Waals surface area (Å²) in [6.07, 6.45) is -0.238. The number of halogens is 1. The number of esters is 1. The molecule has 0 aliphatic heterocycles. The van der Waals surface area contributed by atoms with Gasteiger partial charge >= 0.3 is 5.97 Å². The number of rotatable bonds is 8. The molecular weight excluding hydrogens is 384 g/mol. The molecule has 8 heteroatoms. The average Bonchev–Trinajstić information content (AvgIpc) is 2.69. The van der Waals surface area contributed by atoms with E-state index in [2.05, 4.69) is 5.32 Å². The fourth-order valence-electron chi connectivity index (χ4n) is 2.65. The van der Waals surface area contributed by atoms with Crippen molar-refractivity contribution in [3.05, 3.63) is 74.8 Å². The molecule has 0 saturated heterocycles. The second kappa shape index (κ2) is 9.85. The third-order valence-corrected chi connectivity index (χ3v) is 4.65. The van der Waals surface area contributed by atoms with Crippen LogP contribution < -0.4 is 5.32 Å². The smallest absolute Gasteiger partial charge is 0.340 e. The first-order valence-corrected chi connectivity index (χ1v) is 9.18. The maximum Gasteiger partial charge on any atom is 0.340 e. The number of amides is 1. The highest BCUT2D eigenvalue weighted by Crippen LogP contribution is 2.23. The maximum absolute atomic E-state index is 12.3. The highest BCUT2D eigenvalue weighted by molar-refractivity contribution is 6.33. The number of hydrogen-bond donors (Lipinski definition) is 1. The molecule has 0 aliphatic carbocycles. The van der Waals surface area contributed by atoms with Gasteiger partial charge in [-0.2, -0.15) is 0 Å². The van der Waals surface area contributed by atoms with E-state index in [-0.39, 0.29) is 22.2 Å². The van der Waals surface area contributed by atoms with Gasteiger partial charge in [0.15, 0.2) is 6.10 Å². The van der Waals surface area contributed by atoms with E-state index in [0.717, 1.165) is 18.1 Å². The number of nitro groups is 1. The van der Waals surface area contributed by atoms with Crippen LogP contribution in [0.5, 0.6) is 0 Å². The second-order valence-electron chi connectivity index (χ2n) is 6.23. The van der Waals surface area contributed by atoms with Crippen molar-refractivity contribution in [2.75, 3.05) is 6.54 Å². The molecule has 0 aliphatic rings. The Bertz CT molecular complexity index is 857. The SMILES string of the molecule is CC[C@@H](CNC(=O)[C@H](C)OC(=O)c1cc([N+](=O)[O-])ccc1Cl)c1ccccc1. The van der Waals surface area contributed by atoms with Gasteiger partial charge in [-0.25, -0.2) is 4.79 Å². The van der Waals surface area contributed by atoms with Gasteiger partial charge in [-0.1, -0.05) is 48.9 Å². The zero-order valence-corrected chi connectivity index (χ0v) is 16.3. The first kappa shape index (κ1) is 21.4. The monoisotopic (exact) mass is 404 g/mol. The normalized spacial score (nSPS) is 12.7. The zero-order chi connectivity index (χ0) is 20.7. The minimum atomic E-state index is -1.07. The Hall–Kier alpha value is -2.93. The van der Waals surface area contributed by atoms with E-state index in [9.17, 15) is 19.7 Å². The van der Waals surface area contributed by atoms with Gasteiger partial charge in [-0.05, 0) is 25.0 Å². The Labute approximate surface area is 167 Å². The summed E-state index contributed by atoms with van der Waals surface area (Å²) in [6.45, 7) is 3.86. The molecule has 7 nitrogen and oxygen atoms in total. The van der Waals surface area contributed by atoms with Crippen molar-refractivity contribution >= 4 is 29.2 Å². The summed E-state index contributed by atoms with van der Waals surface area (Å²) in [5.74, 6) is -1.21. The van der Waals surface area contributed by atoms with Gasteiger partial charge in [0.2, 0.25) is 0 Å². The Morgan fingerprint density at radius 3 is 2.50 bits per heavy atom. The molecule has 0 radical (unpaired) electrons. The largest absolute Gasteiger partial charge is 0.449 e. The van der Waals surface area contributed by atoms with Gasteiger partial charge in [0.1, 0.15) is 0 Å². The van der Waals surface area contributed by atoms with Crippen LogP contribution in [-0.4, -0.2) is 29.4 Å². The lowest BCUT2D eigenvalue weighted by Crippen LogP contribution is -2.38. The molecule has 2 rings (SSSR count). The molecule has 0 fully saturated rings. The number of ether oxygens (including phenoxy) is 1. The predicted molar refractivity (Wildman–Crippen MR) is 105 cm³/mol. The number of carbonyl (C=O) groups is 2. The second-order valence-corrected chi connectivity index (χ2v) is 6.64. The fraction of sp³-hybridized carbons (Fsp3) is 0.300. The molecule has 0 heterocycles. The summed E-state index contributed by atoms with van der Waals surface area (Å²) < 4.78 is 5.13. The van der Waals surface area contributed by atoms with Crippen LogP contribution in [0.2, 0.25) is 5.02 Å². The van der Waals surface area contributed by atoms with E-state index in [0.29, 0.717) is 6.54 Å². The quantitative estimate of drug-likeness (QED) is 0.405. The summed E-state index contributed by atoms with van der Waals surface area (Å²) >= 11 is 5.92. The maximum atomic E-state index is 12.3. The molecule has 2 aromatic rings. The molecule has 0 unspecified atom stereocenters. The Balaban J connectivity index is 1.97. The molecule has 1 amide bonds. The van der Waals surface area contributed by atoms with Crippen molar-refractivity contribution in [1.82, 2.24) is 5.32 Å². The van der Waals surface area contributed by atoms with Crippen LogP contribution in [0.1, 0.15) is 42.1 Å². The van der Waals surface area contributed by atoms with Crippen LogP contribution in [-0.2, 0) is 9.53 Å². The first-order chi connectivity index (χ1) is 13.3. The number of hydrogen-bond acceptors (Lipinski definition) is 5. The lowest BCUT2D eigenvalue weighted by atomic mass is 9.96. The van der Waals surface area contributed by atoms with E-state index in [1.807, 2.05) is 37.3 Å². The number of benzene rings is 2. The standard InChI is InChI=1S/C20H21ClN2O5/c1-3-14(15-7-5-4-6-8-15)12-22-19(24)13(2)28-20(25)17-11-16(23(26)27)9-10-18(17)21/h4-11,13-14H,3,12H2,1-2H3,(H,22,24)/t13-,14-/m0/s1. The molecule has 0 bridgehead atoms. The number of non-ortho nitro benzene ring substituents is 1. The molecule has 2 atom stereocenters. The van der Waals surface area contributed by atoms with Gasteiger partial charge in [-0.3, -0.25) is 14.9 Å². The van der Waals surface area contributed by atoms with Crippen molar-refractivity contribution in [2.45, 2.75) is 32.3 Å². The summed E-state index contributed by atoms with van der Waals surface area (Å²) in [5.41, 5.74) is 0.659. The van der Waals surface area contributed by atoms with Crippen molar-refractivity contribution in [2.24, 2.45) is 0 Å². The lowest BCUT2D eigenvalue weighted by Gasteiger charge is -2.18. The summed E-state index contributed by atoms with van der Waals surface area (Å²) in [4.78, 5) is 34.8. The van der Waals surface area contributed by atoms with E-state index in [1.54, 1.807) is 0 Å².